The minimum absolute atomic E-state index is 0.136. The van der Waals surface area contributed by atoms with Crippen molar-refractivity contribution in [3.8, 4) is 0 Å². The third kappa shape index (κ3) is 5.59. The van der Waals surface area contributed by atoms with Crippen LogP contribution in [0.4, 0.5) is 0 Å². The summed E-state index contributed by atoms with van der Waals surface area (Å²) in [5.41, 5.74) is -0.734. The monoisotopic (exact) mass is 312 g/mol. The summed E-state index contributed by atoms with van der Waals surface area (Å²) >= 11 is 0. The second-order valence-electron chi connectivity index (χ2n) is 7.13. The van der Waals surface area contributed by atoms with Gasteiger partial charge in [-0.3, -0.25) is 9.59 Å². The number of ether oxygens (including phenoxy) is 1. The van der Waals surface area contributed by atoms with Gasteiger partial charge in [0.15, 0.2) is 0 Å². The molecule has 0 spiro atoms. The molecule has 0 bridgehead atoms. The lowest BCUT2D eigenvalue weighted by Crippen LogP contribution is -2.59. The number of rotatable bonds is 7. The Bertz CT molecular complexity index is 374. The zero-order valence-electron chi connectivity index (χ0n) is 14.7. The molecule has 1 atom stereocenters. The highest BCUT2D eigenvalue weighted by Gasteiger charge is 2.38. The van der Waals surface area contributed by atoms with Crippen LogP contribution in [0, 0.1) is 11.8 Å². The van der Waals surface area contributed by atoms with E-state index in [0.29, 0.717) is 12.5 Å². The van der Waals surface area contributed by atoms with E-state index in [1.54, 1.807) is 7.05 Å². The van der Waals surface area contributed by atoms with Gasteiger partial charge >= 0.3 is 0 Å². The molecule has 0 saturated heterocycles. The lowest BCUT2D eigenvalue weighted by Gasteiger charge is -2.36. The molecular weight excluding hydrogens is 280 g/mol. The van der Waals surface area contributed by atoms with Gasteiger partial charge in [-0.1, -0.05) is 33.1 Å². The quantitative estimate of drug-likeness (QED) is 0.757. The lowest BCUT2D eigenvalue weighted by atomic mass is 9.89. The minimum Gasteiger partial charge on any atom is -0.373 e. The van der Waals surface area contributed by atoms with Crippen molar-refractivity contribution < 1.29 is 14.3 Å². The first kappa shape index (κ1) is 18.9. The standard InChI is InChI=1S/C17H32N2O3/c1-12(2)15(20)19-14(16(21)18-5)17(3,4)22-11-13-9-7-6-8-10-13/h12-14H,6-11H2,1-5H3,(H,18,21)(H,19,20). The second-order valence-corrected chi connectivity index (χ2v) is 7.13. The molecule has 1 aliphatic rings. The maximum Gasteiger partial charge on any atom is 0.245 e. The highest BCUT2D eigenvalue weighted by atomic mass is 16.5. The Morgan fingerprint density at radius 1 is 1.14 bits per heavy atom. The van der Waals surface area contributed by atoms with Gasteiger partial charge in [0.05, 0.1) is 12.2 Å². The SMILES string of the molecule is CNC(=O)C(NC(=O)C(C)C)C(C)(C)OCC1CCCCC1. The van der Waals surface area contributed by atoms with Crippen molar-refractivity contribution >= 4 is 11.8 Å². The number of hydrogen-bond donors (Lipinski definition) is 2. The normalized spacial score (nSPS) is 18.1. The van der Waals surface area contributed by atoms with Gasteiger partial charge in [0.1, 0.15) is 6.04 Å². The van der Waals surface area contributed by atoms with Gasteiger partial charge in [0, 0.05) is 13.0 Å². The van der Waals surface area contributed by atoms with Gasteiger partial charge in [-0.2, -0.15) is 0 Å². The Labute approximate surface area is 134 Å². The Morgan fingerprint density at radius 2 is 1.73 bits per heavy atom. The molecule has 128 valence electrons. The molecule has 0 aromatic carbocycles. The summed E-state index contributed by atoms with van der Waals surface area (Å²) in [5, 5.41) is 5.44. The first-order valence-electron chi connectivity index (χ1n) is 8.44. The maximum atomic E-state index is 12.2. The Kier molecular flexibility index (Phi) is 7.33. The van der Waals surface area contributed by atoms with Gasteiger partial charge in [0.25, 0.3) is 0 Å². The van der Waals surface area contributed by atoms with E-state index in [1.165, 1.54) is 32.1 Å². The third-order valence-corrected chi connectivity index (χ3v) is 4.43. The van der Waals surface area contributed by atoms with Gasteiger partial charge in [-0.05, 0) is 32.6 Å². The molecule has 1 unspecified atom stereocenters. The van der Waals surface area contributed by atoms with E-state index in [4.69, 9.17) is 4.74 Å². The van der Waals surface area contributed by atoms with Gasteiger partial charge in [-0.15, -0.1) is 0 Å². The van der Waals surface area contributed by atoms with E-state index in [0.717, 1.165) is 0 Å². The fourth-order valence-corrected chi connectivity index (χ4v) is 2.78. The molecule has 1 aliphatic carbocycles. The topological polar surface area (TPSA) is 67.4 Å². The number of hydrogen-bond acceptors (Lipinski definition) is 3. The number of carbonyl (C=O) groups excluding carboxylic acids is 2. The van der Waals surface area contributed by atoms with E-state index in [-0.39, 0.29) is 17.7 Å². The first-order valence-corrected chi connectivity index (χ1v) is 8.44. The average Bonchev–Trinajstić information content (AvgIpc) is 2.50. The summed E-state index contributed by atoms with van der Waals surface area (Å²) in [6.07, 6.45) is 6.22. The fraction of sp³-hybridized carbons (Fsp3) is 0.882. The number of amides is 2. The van der Waals surface area contributed by atoms with E-state index in [2.05, 4.69) is 10.6 Å². The first-order chi connectivity index (χ1) is 10.3. The molecule has 2 amide bonds. The summed E-state index contributed by atoms with van der Waals surface area (Å²) in [7, 11) is 1.58. The minimum atomic E-state index is -0.734. The highest BCUT2D eigenvalue weighted by molar-refractivity contribution is 5.89. The molecule has 5 nitrogen and oxygen atoms in total. The summed E-state index contributed by atoms with van der Waals surface area (Å²) in [6, 6.07) is -0.684. The van der Waals surface area contributed by atoms with Crippen molar-refractivity contribution in [2.45, 2.75) is 71.4 Å². The predicted octanol–water partition coefficient (Wildman–Crippen LogP) is 2.25. The predicted molar refractivity (Wildman–Crippen MR) is 87.4 cm³/mol. The molecule has 0 aliphatic heterocycles. The van der Waals surface area contributed by atoms with Crippen LogP contribution in [0.1, 0.15) is 59.8 Å². The molecule has 22 heavy (non-hydrogen) atoms. The largest absolute Gasteiger partial charge is 0.373 e. The van der Waals surface area contributed by atoms with Crippen molar-refractivity contribution in [2.75, 3.05) is 13.7 Å². The molecule has 2 N–H and O–H groups in total. The van der Waals surface area contributed by atoms with Crippen molar-refractivity contribution in [3.05, 3.63) is 0 Å². The van der Waals surface area contributed by atoms with E-state index < -0.39 is 11.6 Å². The Hall–Kier alpha value is -1.10. The van der Waals surface area contributed by atoms with Crippen LogP contribution in [0.25, 0.3) is 0 Å². The van der Waals surface area contributed by atoms with Crippen molar-refractivity contribution in [2.24, 2.45) is 11.8 Å². The van der Waals surface area contributed by atoms with E-state index in [1.807, 2.05) is 27.7 Å². The lowest BCUT2D eigenvalue weighted by molar-refractivity contribution is -0.140. The highest BCUT2D eigenvalue weighted by Crippen LogP contribution is 2.26. The van der Waals surface area contributed by atoms with Crippen LogP contribution in [-0.2, 0) is 14.3 Å². The third-order valence-electron chi connectivity index (χ3n) is 4.43. The van der Waals surface area contributed by atoms with Crippen LogP contribution >= 0.6 is 0 Å². The average molecular weight is 312 g/mol. The number of likely N-dealkylation sites (N-methyl/N-ethyl adjacent to an activating group) is 1. The van der Waals surface area contributed by atoms with Crippen LogP contribution in [0.15, 0.2) is 0 Å². The zero-order chi connectivity index (χ0) is 16.8. The number of carbonyl (C=O) groups is 2. The maximum absolute atomic E-state index is 12.2. The summed E-state index contributed by atoms with van der Waals surface area (Å²) < 4.78 is 6.06. The van der Waals surface area contributed by atoms with Gasteiger partial charge < -0.3 is 15.4 Å². The fourth-order valence-electron chi connectivity index (χ4n) is 2.78. The van der Waals surface area contributed by atoms with Crippen LogP contribution < -0.4 is 10.6 Å². The Balaban J connectivity index is 2.67. The molecule has 0 radical (unpaired) electrons. The molecule has 1 saturated carbocycles. The van der Waals surface area contributed by atoms with E-state index >= 15 is 0 Å². The molecular formula is C17H32N2O3. The molecule has 0 heterocycles. The molecule has 0 aromatic heterocycles. The smallest absolute Gasteiger partial charge is 0.245 e. The molecule has 0 aromatic rings. The van der Waals surface area contributed by atoms with Gasteiger partial charge in [-0.25, -0.2) is 0 Å². The van der Waals surface area contributed by atoms with Crippen molar-refractivity contribution in [1.29, 1.82) is 0 Å². The second kappa shape index (κ2) is 8.51. The summed E-state index contributed by atoms with van der Waals surface area (Å²) in [6.45, 7) is 8.02. The molecule has 1 rings (SSSR count). The summed E-state index contributed by atoms with van der Waals surface area (Å²) in [4.78, 5) is 24.1. The van der Waals surface area contributed by atoms with Crippen LogP contribution in [0.5, 0.6) is 0 Å². The van der Waals surface area contributed by atoms with Crippen molar-refractivity contribution in [1.82, 2.24) is 10.6 Å². The summed E-state index contributed by atoms with van der Waals surface area (Å²) in [5.74, 6) is 0.0473. The van der Waals surface area contributed by atoms with Gasteiger partial charge in [0.2, 0.25) is 11.8 Å². The molecule has 1 fully saturated rings. The number of nitrogens with one attached hydrogen (secondary N) is 2. The van der Waals surface area contributed by atoms with E-state index in [9.17, 15) is 9.59 Å². The zero-order valence-corrected chi connectivity index (χ0v) is 14.7. The van der Waals surface area contributed by atoms with Crippen LogP contribution in [0.2, 0.25) is 0 Å². The Morgan fingerprint density at radius 3 is 2.23 bits per heavy atom. The van der Waals surface area contributed by atoms with Crippen LogP contribution in [-0.4, -0.2) is 37.1 Å². The van der Waals surface area contributed by atoms with Crippen molar-refractivity contribution in [3.63, 3.8) is 0 Å². The molecule has 5 heteroatoms. The van der Waals surface area contributed by atoms with Crippen LogP contribution in [0.3, 0.4) is 0 Å².